The van der Waals surface area contributed by atoms with Crippen molar-refractivity contribution in [2.45, 2.75) is 33.0 Å². The summed E-state index contributed by atoms with van der Waals surface area (Å²) < 4.78 is 43.7. The number of alkyl halides is 3. The third-order valence-corrected chi connectivity index (χ3v) is 6.79. The Morgan fingerprint density at radius 2 is 2.03 bits per heavy atom. The second-order valence-electron chi connectivity index (χ2n) is 7.06. The lowest BCUT2D eigenvalue weighted by atomic mass is 10.2. The van der Waals surface area contributed by atoms with Gasteiger partial charge in [0.15, 0.2) is 11.7 Å². The van der Waals surface area contributed by atoms with E-state index >= 15 is 0 Å². The van der Waals surface area contributed by atoms with Crippen LogP contribution >= 0.6 is 22.7 Å². The SMILES string of the molecule is Cc1sc2ncn(CCC(=O)Nc3nc4ccc(OCC(F)(F)F)cc4s3)c(=O)c2c1C. The van der Waals surface area contributed by atoms with Gasteiger partial charge in [-0.25, -0.2) is 9.97 Å². The molecule has 3 aromatic heterocycles. The smallest absolute Gasteiger partial charge is 0.422 e. The Morgan fingerprint density at radius 1 is 1.25 bits per heavy atom. The van der Waals surface area contributed by atoms with Crippen LogP contribution in [0.3, 0.4) is 0 Å². The first-order valence-corrected chi connectivity index (χ1v) is 11.1. The van der Waals surface area contributed by atoms with E-state index in [4.69, 9.17) is 4.74 Å². The number of carbonyl (C=O) groups is 1. The number of anilines is 1. The van der Waals surface area contributed by atoms with Crippen LogP contribution in [0.4, 0.5) is 18.3 Å². The van der Waals surface area contributed by atoms with Gasteiger partial charge in [-0.3, -0.25) is 14.2 Å². The summed E-state index contributed by atoms with van der Waals surface area (Å²) in [6.45, 7) is 2.58. The molecule has 0 bridgehead atoms. The normalized spacial score (nSPS) is 11.9. The van der Waals surface area contributed by atoms with E-state index in [1.54, 1.807) is 0 Å². The molecule has 0 aliphatic carbocycles. The highest BCUT2D eigenvalue weighted by Gasteiger charge is 2.28. The molecule has 7 nitrogen and oxygen atoms in total. The molecule has 0 saturated carbocycles. The summed E-state index contributed by atoms with van der Waals surface area (Å²) in [7, 11) is 0. The first-order valence-electron chi connectivity index (χ1n) is 9.46. The maximum atomic E-state index is 12.7. The Kier molecular flexibility index (Phi) is 5.91. The van der Waals surface area contributed by atoms with Crippen LogP contribution in [-0.2, 0) is 11.3 Å². The van der Waals surface area contributed by atoms with Gasteiger partial charge >= 0.3 is 6.18 Å². The van der Waals surface area contributed by atoms with E-state index in [-0.39, 0.29) is 30.2 Å². The van der Waals surface area contributed by atoms with Crippen molar-refractivity contribution in [3.63, 3.8) is 0 Å². The number of halogens is 3. The minimum atomic E-state index is -4.43. The van der Waals surface area contributed by atoms with E-state index in [9.17, 15) is 22.8 Å². The molecule has 1 amide bonds. The molecule has 12 heteroatoms. The van der Waals surface area contributed by atoms with Crippen molar-refractivity contribution < 1.29 is 22.7 Å². The fourth-order valence-electron chi connectivity index (χ4n) is 3.05. The summed E-state index contributed by atoms with van der Waals surface area (Å²) in [5.41, 5.74) is 1.24. The molecule has 168 valence electrons. The number of thiazole rings is 1. The summed E-state index contributed by atoms with van der Waals surface area (Å²) in [4.78, 5) is 35.3. The van der Waals surface area contributed by atoms with E-state index < -0.39 is 12.8 Å². The van der Waals surface area contributed by atoms with Gasteiger partial charge in [0.25, 0.3) is 5.56 Å². The minimum Gasteiger partial charge on any atom is -0.484 e. The van der Waals surface area contributed by atoms with Gasteiger partial charge in [-0.05, 0) is 37.6 Å². The van der Waals surface area contributed by atoms with Gasteiger partial charge in [0.2, 0.25) is 5.91 Å². The highest BCUT2D eigenvalue weighted by atomic mass is 32.1. The number of aromatic nitrogens is 3. The topological polar surface area (TPSA) is 86.1 Å². The zero-order valence-electron chi connectivity index (χ0n) is 16.9. The van der Waals surface area contributed by atoms with Crippen molar-refractivity contribution in [2.75, 3.05) is 11.9 Å². The predicted molar refractivity (Wildman–Crippen MR) is 118 cm³/mol. The zero-order valence-corrected chi connectivity index (χ0v) is 18.6. The van der Waals surface area contributed by atoms with E-state index in [0.717, 1.165) is 21.8 Å². The molecular formula is C20H17F3N4O3S2. The number of benzene rings is 1. The molecule has 4 aromatic rings. The molecule has 0 radical (unpaired) electrons. The Bertz CT molecular complexity index is 1370. The monoisotopic (exact) mass is 482 g/mol. The molecule has 1 N–H and O–H groups in total. The number of fused-ring (bicyclic) bond motifs is 2. The van der Waals surface area contributed by atoms with Crippen LogP contribution in [0.15, 0.2) is 29.3 Å². The Hall–Kier alpha value is -2.99. The summed E-state index contributed by atoms with van der Waals surface area (Å²) in [5, 5.41) is 3.55. The molecular weight excluding hydrogens is 465 g/mol. The van der Waals surface area contributed by atoms with Gasteiger partial charge in [-0.15, -0.1) is 11.3 Å². The van der Waals surface area contributed by atoms with Crippen molar-refractivity contribution in [3.05, 3.63) is 45.3 Å². The molecule has 0 fully saturated rings. The molecule has 0 unspecified atom stereocenters. The van der Waals surface area contributed by atoms with Gasteiger partial charge in [-0.1, -0.05) is 11.3 Å². The molecule has 0 aliphatic heterocycles. The predicted octanol–water partition coefficient (Wildman–Crippen LogP) is 4.65. The van der Waals surface area contributed by atoms with Gasteiger partial charge < -0.3 is 10.1 Å². The number of hydrogen-bond acceptors (Lipinski definition) is 7. The summed E-state index contributed by atoms with van der Waals surface area (Å²) in [6, 6.07) is 4.36. The van der Waals surface area contributed by atoms with Crippen LogP contribution in [0.5, 0.6) is 5.75 Å². The Morgan fingerprint density at radius 3 is 2.78 bits per heavy atom. The molecule has 0 saturated heterocycles. The van der Waals surface area contributed by atoms with Crippen LogP contribution < -0.4 is 15.6 Å². The maximum Gasteiger partial charge on any atom is 0.422 e. The largest absolute Gasteiger partial charge is 0.484 e. The Balaban J connectivity index is 1.42. The lowest BCUT2D eigenvalue weighted by Gasteiger charge is -2.08. The molecule has 1 aromatic carbocycles. The van der Waals surface area contributed by atoms with Gasteiger partial charge in [0.1, 0.15) is 10.6 Å². The second-order valence-corrected chi connectivity index (χ2v) is 9.29. The van der Waals surface area contributed by atoms with Crippen molar-refractivity contribution in [1.82, 2.24) is 14.5 Å². The van der Waals surface area contributed by atoms with Crippen molar-refractivity contribution >= 4 is 54.1 Å². The molecule has 0 spiro atoms. The summed E-state index contributed by atoms with van der Waals surface area (Å²) >= 11 is 2.58. The number of thiophene rings is 1. The lowest BCUT2D eigenvalue weighted by molar-refractivity contribution is -0.153. The lowest BCUT2D eigenvalue weighted by Crippen LogP contribution is -2.23. The number of nitrogens with zero attached hydrogens (tertiary/aromatic N) is 3. The standard InChI is InChI=1S/C20H17F3N4O3S2/c1-10-11(2)31-17-16(10)18(29)27(9-24-17)6-5-15(28)26-19-25-13-4-3-12(7-14(13)32-19)30-8-20(21,22)23/h3-4,7,9H,5-6,8H2,1-2H3,(H,25,26,28). The number of aryl methyl sites for hydroxylation is 3. The van der Waals surface area contributed by atoms with E-state index in [1.165, 1.54) is 40.4 Å². The highest BCUT2D eigenvalue weighted by molar-refractivity contribution is 7.22. The average Bonchev–Trinajstić information content (AvgIpc) is 3.25. The van der Waals surface area contributed by atoms with Gasteiger partial charge in [-0.2, -0.15) is 13.2 Å². The van der Waals surface area contributed by atoms with Crippen LogP contribution in [-0.4, -0.2) is 33.2 Å². The number of carbonyl (C=O) groups excluding carboxylic acids is 1. The first kappa shape index (κ1) is 22.2. The number of nitrogens with one attached hydrogen (secondary N) is 1. The summed E-state index contributed by atoms with van der Waals surface area (Å²) in [5.74, 6) is -0.277. The summed E-state index contributed by atoms with van der Waals surface area (Å²) in [6.07, 6.45) is -2.95. The average molecular weight is 483 g/mol. The number of ether oxygens (including phenoxy) is 1. The molecule has 0 aliphatic rings. The van der Waals surface area contributed by atoms with Crippen molar-refractivity contribution in [3.8, 4) is 5.75 Å². The molecule has 4 rings (SSSR count). The third-order valence-electron chi connectivity index (χ3n) is 4.74. The molecule has 0 atom stereocenters. The van der Waals surface area contributed by atoms with Gasteiger partial charge in [0, 0.05) is 17.8 Å². The van der Waals surface area contributed by atoms with E-state index in [0.29, 0.717) is 25.6 Å². The zero-order chi connectivity index (χ0) is 23.0. The minimum absolute atomic E-state index is 0.0329. The highest BCUT2D eigenvalue weighted by Crippen LogP contribution is 2.30. The number of rotatable bonds is 6. The fourth-order valence-corrected chi connectivity index (χ4v) is 4.94. The molecule has 3 heterocycles. The van der Waals surface area contributed by atoms with Crippen molar-refractivity contribution in [1.29, 1.82) is 0 Å². The Labute approximate surface area is 187 Å². The molecule has 32 heavy (non-hydrogen) atoms. The number of hydrogen-bond donors (Lipinski definition) is 1. The van der Waals surface area contributed by atoms with Crippen LogP contribution in [0.2, 0.25) is 0 Å². The second kappa shape index (κ2) is 8.51. The fraction of sp³-hybridized carbons (Fsp3) is 0.300. The van der Waals surface area contributed by atoms with Crippen LogP contribution in [0.1, 0.15) is 16.9 Å². The van der Waals surface area contributed by atoms with E-state index in [1.807, 2.05) is 13.8 Å². The van der Waals surface area contributed by atoms with Crippen LogP contribution in [0, 0.1) is 13.8 Å². The van der Waals surface area contributed by atoms with E-state index in [2.05, 4.69) is 15.3 Å². The third kappa shape index (κ3) is 4.75. The van der Waals surface area contributed by atoms with Crippen molar-refractivity contribution in [2.24, 2.45) is 0 Å². The number of amides is 1. The quantitative estimate of drug-likeness (QED) is 0.432. The first-order chi connectivity index (χ1) is 15.1. The van der Waals surface area contributed by atoms with Gasteiger partial charge in [0.05, 0.1) is 21.9 Å². The maximum absolute atomic E-state index is 12.7. The van der Waals surface area contributed by atoms with Crippen LogP contribution in [0.25, 0.3) is 20.4 Å².